The smallest absolute Gasteiger partial charge is 0.475 e. The summed E-state index contributed by atoms with van der Waals surface area (Å²) in [5.74, 6) is -8.20. The van der Waals surface area contributed by atoms with Gasteiger partial charge in [0, 0.05) is 29.4 Å². The van der Waals surface area contributed by atoms with E-state index in [1.165, 1.54) is 7.11 Å². The number of methoxy groups -OCH3 is 1. The number of benzene rings is 1. The van der Waals surface area contributed by atoms with E-state index in [-0.39, 0.29) is 12.3 Å². The van der Waals surface area contributed by atoms with E-state index in [2.05, 4.69) is 24.9 Å². The fourth-order valence-corrected chi connectivity index (χ4v) is 2.50. The number of nitrogens with two attached hydrogens (primary N) is 2. The molecule has 0 aliphatic heterocycles. The summed E-state index contributed by atoms with van der Waals surface area (Å²) in [6, 6.07) is 10.1. The number of nitrogens with zero attached hydrogens (tertiary/aromatic N) is 3. The molecule has 0 aliphatic rings. The highest BCUT2D eigenvalue weighted by atomic mass is 19.4. The highest BCUT2D eigenvalue weighted by Gasteiger charge is 2.39. The van der Waals surface area contributed by atoms with Gasteiger partial charge in [-0.3, -0.25) is 10.2 Å². The molecule has 0 radical (unpaired) electrons. The standard InChI is InChI=1S/C18H19N7O2.3C2HF3O2/c1-27-18(26)13(19)8-12-9-22-17(23-12)15-7-6-14(24-25-15)10-2-4-11(5-3-10)16(20)21;3*3-2(4,5)1(6)7/h2-7,9,13H,8,19H2,1H3,(H3,20,21)(H,22,23);3*(H,6,7). The molecule has 1 aromatic carbocycles. The summed E-state index contributed by atoms with van der Waals surface area (Å²) < 4.78 is 99.8. The second-order valence-electron chi connectivity index (χ2n) is 8.29. The monoisotopic (exact) mass is 707 g/mol. The number of carbonyl (C=O) groups excluding carboxylic acids is 1. The van der Waals surface area contributed by atoms with Gasteiger partial charge in [-0.15, -0.1) is 10.2 Å². The van der Waals surface area contributed by atoms with E-state index < -0.39 is 48.4 Å². The normalized spacial score (nSPS) is 11.6. The van der Waals surface area contributed by atoms with E-state index >= 15 is 0 Å². The molecule has 48 heavy (non-hydrogen) atoms. The van der Waals surface area contributed by atoms with Crippen LogP contribution in [0.3, 0.4) is 0 Å². The minimum absolute atomic E-state index is 0.0172. The van der Waals surface area contributed by atoms with Crippen molar-refractivity contribution in [2.75, 3.05) is 7.11 Å². The van der Waals surface area contributed by atoms with E-state index in [1.807, 2.05) is 18.2 Å². The molecule has 0 bridgehead atoms. The number of imidazole rings is 1. The molecular formula is C24H22F9N7O8. The lowest BCUT2D eigenvalue weighted by molar-refractivity contribution is -0.193. The second kappa shape index (κ2) is 17.8. The van der Waals surface area contributed by atoms with Crippen LogP contribution in [0.25, 0.3) is 22.8 Å². The van der Waals surface area contributed by atoms with Gasteiger partial charge in [-0.25, -0.2) is 19.4 Å². The van der Waals surface area contributed by atoms with Crippen LogP contribution in [0.2, 0.25) is 0 Å². The first kappa shape index (κ1) is 42.2. The van der Waals surface area contributed by atoms with Crippen LogP contribution in [-0.4, -0.2) is 96.9 Å². The number of hydrogen-bond donors (Lipinski definition) is 7. The molecule has 0 aliphatic carbocycles. The zero-order valence-corrected chi connectivity index (χ0v) is 23.6. The molecule has 1 atom stereocenters. The largest absolute Gasteiger partial charge is 0.490 e. The topological polar surface area (TPSA) is 269 Å². The number of amidine groups is 1. The molecule has 2 heterocycles. The number of carbonyl (C=O) groups is 4. The van der Waals surface area contributed by atoms with Gasteiger partial charge < -0.3 is 36.5 Å². The quantitative estimate of drug-likeness (QED) is 0.0842. The van der Waals surface area contributed by atoms with Gasteiger partial charge in [-0.2, -0.15) is 39.5 Å². The molecule has 3 rings (SSSR count). The number of ether oxygens (including phenoxy) is 1. The minimum atomic E-state index is -5.08. The highest BCUT2D eigenvalue weighted by molar-refractivity contribution is 5.95. The molecule has 9 N–H and O–H groups in total. The first-order valence-corrected chi connectivity index (χ1v) is 11.9. The van der Waals surface area contributed by atoms with Gasteiger partial charge in [0.15, 0.2) is 5.82 Å². The first-order valence-electron chi connectivity index (χ1n) is 11.9. The van der Waals surface area contributed by atoms with Crippen LogP contribution in [0, 0.1) is 5.41 Å². The van der Waals surface area contributed by atoms with Gasteiger partial charge in [-0.05, 0) is 12.1 Å². The number of aromatic nitrogens is 4. The molecule has 24 heteroatoms. The number of nitrogens with one attached hydrogen (secondary N) is 2. The lowest BCUT2D eigenvalue weighted by Crippen LogP contribution is -2.33. The Balaban J connectivity index is 0.000000855. The number of aliphatic carboxylic acids is 3. The number of H-pyrrole nitrogens is 1. The van der Waals surface area contributed by atoms with Gasteiger partial charge in [0.25, 0.3) is 0 Å². The zero-order valence-electron chi connectivity index (χ0n) is 23.6. The lowest BCUT2D eigenvalue weighted by Gasteiger charge is -2.06. The predicted octanol–water partition coefficient (Wildman–Crippen LogP) is 2.76. The second-order valence-corrected chi connectivity index (χ2v) is 8.29. The Bertz CT molecular complexity index is 1480. The summed E-state index contributed by atoms with van der Waals surface area (Å²) in [7, 11) is 1.30. The van der Waals surface area contributed by atoms with Crippen LogP contribution < -0.4 is 11.5 Å². The molecule has 0 saturated carbocycles. The van der Waals surface area contributed by atoms with E-state index in [4.69, 9.17) is 46.6 Å². The van der Waals surface area contributed by atoms with Crippen LogP contribution in [0.15, 0.2) is 42.6 Å². The molecule has 2 aromatic heterocycles. The van der Waals surface area contributed by atoms with Crippen molar-refractivity contribution in [3.05, 3.63) is 53.9 Å². The molecule has 3 aromatic rings. The number of carboxylic acid groups (broad SMARTS) is 3. The predicted molar refractivity (Wildman–Crippen MR) is 141 cm³/mol. The molecule has 264 valence electrons. The number of alkyl halides is 9. The molecule has 0 saturated heterocycles. The van der Waals surface area contributed by atoms with E-state index in [0.717, 1.165) is 5.56 Å². The Hall–Kier alpha value is -5.81. The van der Waals surface area contributed by atoms with Crippen LogP contribution in [-0.2, 0) is 30.3 Å². The van der Waals surface area contributed by atoms with Crippen molar-refractivity contribution < 1.29 is 78.7 Å². The van der Waals surface area contributed by atoms with Crippen molar-refractivity contribution in [2.45, 2.75) is 31.0 Å². The van der Waals surface area contributed by atoms with Crippen molar-refractivity contribution in [1.82, 2.24) is 20.2 Å². The molecule has 0 fully saturated rings. The first-order chi connectivity index (χ1) is 21.8. The number of esters is 1. The fourth-order valence-electron chi connectivity index (χ4n) is 2.50. The number of carboxylic acids is 3. The molecular weight excluding hydrogens is 685 g/mol. The number of hydrogen-bond acceptors (Lipinski definition) is 10. The van der Waals surface area contributed by atoms with Gasteiger partial charge in [0.2, 0.25) is 0 Å². The van der Waals surface area contributed by atoms with Crippen LogP contribution >= 0.6 is 0 Å². The average Bonchev–Trinajstić information content (AvgIpc) is 3.44. The number of aromatic amines is 1. The van der Waals surface area contributed by atoms with Crippen molar-refractivity contribution >= 4 is 29.7 Å². The van der Waals surface area contributed by atoms with E-state index in [1.54, 1.807) is 24.4 Å². The van der Waals surface area contributed by atoms with E-state index in [9.17, 15) is 44.3 Å². The summed E-state index contributed by atoms with van der Waals surface area (Å²) >= 11 is 0. The average molecular weight is 707 g/mol. The van der Waals surface area contributed by atoms with Gasteiger partial charge >= 0.3 is 42.4 Å². The maximum absolute atomic E-state index is 11.4. The Morgan fingerprint density at radius 3 is 1.54 bits per heavy atom. The van der Waals surface area contributed by atoms with Crippen LogP contribution in [0.1, 0.15) is 11.3 Å². The number of nitrogen functional groups attached to an aromatic ring is 1. The lowest BCUT2D eigenvalue weighted by atomic mass is 10.1. The Morgan fingerprint density at radius 1 is 0.812 bits per heavy atom. The van der Waals surface area contributed by atoms with Crippen molar-refractivity contribution in [3.8, 4) is 22.8 Å². The summed E-state index contributed by atoms with van der Waals surface area (Å²) in [6.07, 6.45) is -13.4. The van der Waals surface area contributed by atoms with Crippen molar-refractivity contribution in [1.29, 1.82) is 5.41 Å². The Labute approximate surface area is 260 Å². The van der Waals surface area contributed by atoms with Crippen LogP contribution in [0.4, 0.5) is 39.5 Å². The summed E-state index contributed by atoms with van der Waals surface area (Å²) in [5.41, 5.74) is 14.7. The minimum Gasteiger partial charge on any atom is -0.475 e. The fraction of sp³-hybridized carbons (Fsp3) is 0.250. The van der Waals surface area contributed by atoms with Gasteiger partial charge in [0.05, 0.1) is 12.8 Å². The Kier molecular flexibility index (Phi) is 15.6. The molecule has 0 spiro atoms. The summed E-state index contributed by atoms with van der Waals surface area (Å²) in [6.45, 7) is 0. The van der Waals surface area contributed by atoms with Crippen molar-refractivity contribution in [2.24, 2.45) is 11.5 Å². The van der Waals surface area contributed by atoms with E-state index in [0.29, 0.717) is 28.5 Å². The third kappa shape index (κ3) is 15.5. The maximum Gasteiger partial charge on any atom is 0.490 e. The zero-order chi connectivity index (χ0) is 37.6. The SMILES string of the molecule is COC(=O)C(N)Cc1cnc(-c2ccc(-c3ccc(C(=N)N)cc3)nn2)[nH]1.O=C(O)C(F)(F)F.O=C(O)C(F)(F)F.O=C(O)C(F)(F)F. The molecule has 1 unspecified atom stereocenters. The van der Waals surface area contributed by atoms with Crippen LogP contribution in [0.5, 0.6) is 0 Å². The van der Waals surface area contributed by atoms with Gasteiger partial charge in [0.1, 0.15) is 17.6 Å². The third-order valence-corrected chi connectivity index (χ3v) is 4.70. The maximum atomic E-state index is 11.4. The number of rotatable bonds is 6. The van der Waals surface area contributed by atoms with Gasteiger partial charge in [-0.1, -0.05) is 24.3 Å². The summed E-state index contributed by atoms with van der Waals surface area (Å²) in [4.78, 5) is 45.4. The summed E-state index contributed by atoms with van der Waals surface area (Å²) in [5, 5.41) is 37.2. The third-order valence-electron chi connectivity index (χ3n) is 4.70. The molecule has 15 nitrogen and oxygen atoms in total. The molecule has 0 amide bonds. The highest BCUT2D eigenvalue weighted by Crippen LogP contribution is 2.20. The Morgan fingerprint density at radius 2 is 1.21 bits per heavy atom. The number of halogens is 9. The van der Waals surface area contributed by atoms with Crippen molar-refractivity contribution in [3.63, 3.8) is 0 Å².